The molecule has 3 rings (SSSR count). The Morgan fingerprint density at radius 3 is 2.76 bits per heavy atom. The standard InChI is InChI=1S/C17H18FN3/c1-2-10-21-15-9-4-3-8-14(15)20-16(21)11-12-6-5-7-13(18)17(12)19/h3-9H,2,10-11,19H2,1H3. The highest BCUT2D eigenvalue weighted by Gasteiger charge is 2.12. The number of hydrogen-bond donors (Lipinski definition) is 1. The first-order valence-corrected chi connectivity index (χ1v) is 7.17. The molecule has 1 heterocycles. The fraction of sp³-hybridized carbons (Fsp3) is 0.235. The van der Waals surface area contributed by atoms with Gasteiger partial charge in [0.15, 0.2) is 0 Å². The Kier molecular flexibility index (Phi) is 3.60. The fourth-order valence-electron chi connectivity index (χ4n) is 2.64. The van der Waals surface area contributed by atoms with E-state index in [0.29, 0.717) is 6.42 Å². The second kappa shape index (κ2) is 5.56. The minimum atomic E-state index is -0.370. The Morgan fingerprint density at radius 1 is 1.14 bits per heavy atom. The summed E-state index contributed by atoms with van der Waals surface area (Å²) in [5, 5.41) is 0. The number of benzene rings is 2. The third kappa shape index (κ3) is 2.49. The largest absolute Gasteiger partial charge is 0.396 e. The summed E-state index contributed by atoms with van der Waals surface area (Å²) in [6.07, 6.45) is 1.56. The maximum absolute atomic E-state index is 13.6. The van der Waals surface area contributed by atoms with Gasteiger partial charge in [0, 0.05) is 13.0 Å². The first kappa shape index (κ1) is 13.6. The zero-order valence-electron chi connectivity index (χ0n) is 12.0. The molecule has 3 nitrogen and oxygen atoms in total. The number of nitrogens with two attached hydrogens (primary N) is 1. The van der Waals surface area contributed by atoms with Gasteiger partial charge in [0.2, 0.25) is 0 Å². The average Bonchev–Trinajstić information content (AvgIpc) is 2.82. The van der Waals surface area contributed by atoms with Gasteiger partial charge < -0.3 is 10.3 Å². The van der Waals surface area contributed by atoms with E-state index in [0.717, 1.165) is 35.4 Å². The normalized spacial score (nSPS) is 11.1. The van der Waals surface area contributed by atoms with Crippen molar-refractivity contribution in [3.63, 3.8) is 0 Å². The van der Waals surface area contributed by atoms with Crippen LogP contribution in [0.15, 0.2) is 42.5 Å². The second-order valence-electron chi connectivity index (χ2n) is 5.16. The SMILES string of the molecule is CCCn1c(Cc2cccc(F)c2N)nc2ccccc21. The molecular formula is C17H18FN3. The lowest BCUT2D eigenvalue weighted by molar-refractivity contribution is 0.629. The molecule has 0 unspecified atom stereocenters. The molecule has 0 bridgehead atoms. The molecule has 108 valence electrons. The van der Waals surface area contributed by atoms with Crippen LogP contribution in [0.1, 0.15) is 24.7 Å². The van der Waals surface area contributed by atoms with Crippen molar-refractivity contribution in [2.75, 3.05) is 5.73 Å². The molecular weight excluding hydrogens is 265 g/mol. The summed E-state index contributed by atoms with van der Waals surface area (Å²) in [4.78, 5) is 4.68. The van der Waals surface area contributed by atoms with Gasteiger partial charge in [-0.05, 0) is 30.2 Å². The lowest BCUT2D eigenvalue weighted by Crippen LogP contribution is -2.06. The molecule has 0 saturated carbocycles. The van der Waals surface area contributed by atoms with Crippen molar-refractivity contribution in [1.82, 2.24) is 9.55 Å². The van der Waals surface area contributed by atoms with Gasteiger partial charge in [-0.15, -0.1) is 0 Å². The second-order valence-corrected chi connectivity index (χ2v) is 5.16. The zero-order valence-corrected chi connectivity index (χ0v) is 12.0. The molecule has 2 aromatic carbocycles. The summed E-state index contributed by atoms with van der Waals surface area (Å²) in [6.45, 7) is 3.03. The van der Waals surface area contributed by atoms with E-state index < -0.39 is 0 Å². The lowest BCUT2D eigenvalue weighted by atomic mass is 10.1. The number of para-hydroxylation sites is 3. The molecule has 0 radical (unpaired) electrons. The van der Waals surface area contributed by atoms with Gasteiger partial charge in [0.05, 0.1) is 16.7 Å². The third-order valence-electron chi connectivity index (χ3n) is 3.67. The number of halogens is 1. The van der Waals surface area contributed by atoms with Crippen LogP contribution in [-0.2, 0) is 13.0 Å². The van der Waals surface area contributed by atoms with Gasteiger partial charge in [-0.2, -0.15) is 0 Å². The summed E-state index contributed by atoms with van der Waals surface area (Å²) in [5.74, 6) is 0.556. The van der Waals surface area contributed by atoms with Crippen molar-refractivity contribution in [1.29, 1.82) is 0 Å². The van der Waals surface area contributed by atoms with E-state index in [1.54, 1.807) is 6.07 Å². The van der Waals surface area contributed by atoms with Crippen LogP contribution in [0.4, 0.5) is 10.1 Å². The van der Waals surface area contributed by atoms with Crippen LogP contribution in [0, 0.1) is 5.82 Å². The first-order valence-electron chi connectivity index (χ1n) is 7.17. The van der Waals surface area contributed by atoms with E-state index in [4.69, 9.17) is 5.73 Å². The van der Waals surface area contributed by atoms with Crippen LogP contribution in [-0.4, -0.2) is 9.55 Å². The van der Waals surface area contributed by atoms with Gasteiger partial charge in [-0.3, -0.25) is 0 Å². The van der Waals surface area contributed by atoms with Crippen LogP contribution in [0.5, 0.6) is 0 Å². The summed E-state index contributed by atoms with van der Waals surface area (Å²) < 4.78 is 15.8. The lowest BCUT2D eigenvalue weighted by Gasteiger charge is -2.09. The molecule has 0 amide bonds. The van der Waals surface area contributed by atoms with Gasteiger partial charge >= 0.3 is 0 Å². The number of anilines is 1. The van der Waals surface area contributed by atoms with E-state index in [2.05, 4.69) is 22.5 Å². The molecule has 4 heteroatoms. The maximum atomic E-state index is 13.6. The number of hydrogen-bond acceptors (Lipinski definition) is 2. The number of rotatable bonds is 4. The number of nitrogen functional groups attached to an aromatic ring is 1. The molecule has 0 aliphatic rings. The smallest absolute Gasteiger partial charge is 0.146 e. The van der Waals surface area contributed by atoms with Crippen molar-refractivity contribution in [2.24, 2.45) is 0 Å². The third-order valence-corrected chi connectivity index (χ3v) is 3.67. The molecule has 0 atom stereocenters. The highest BCUT2D eigenvalue weighted by atomic mass is 19.1. The molecule has 0 aliphatic carbocycles. The van der Waals surface area contributed by atoms with Crippen molar-refractivity contribution in [3.05, 3.63) is 59.7 Å². The average molecular weight is 283 g/mol. The summed E-state index contributed by atoms with van der Waals surface area (Å²) in [6, 6.07) is 13.0. The molecule has 3 aromatic rings. The first-order chi connectivity index (χ1) is 10.2. The van der Waals surface area contributed by atoms with E-state index in [-0.39, 0.29) is 11.5 Å². The van der Waals surface area contributed by atoms with Crippen molar-refractivity contribution < 1.29 is 4.39 Å². The number of fused-ring (bicyclic) bond motifs is 1. The molecule has 21 heavy (non-hydrogen) atoms. The minimum absolute atomic E-state index is 0.215. The molecule has 0 fully saturated rings. The van der Waals surface area contributed by atoms with Crippen molar-refractivity contribution in [2.45, 2.75) is 26.3 Å². The van der Waals surface area contributed by atoms with Gasteiger partial charge in [0.1, 0.15) is 11.6 Å². The van der Waals surface area contributed by atoms with Crippen LogP contribution in [0.2, 0.25) is 0 Å². The number of aryl methyl sites for hydroxylation is 1. The maximum Gasteiger partial charge on any atom is 0.146 e. The minimum Gasteiger partial charge on any atom is -0.396 e. The predicted octanol–water partition coefficient (Wildman–Crippen LogP) is 3.76. The highest BCUT2D eigenvalue weighted by molar-refractivity contribution is 5.76. The molecule has 0 saturated heterocycles. The van der Waals surface area contributed by atoms with E-state index in [1.165, 1.54) is 6.07 Å². The van der Waals surface area contributed by atoms with Crippen molar-refractivity contribution in [3.8, 4) is 0 Å². The molecule has 0 aliphatic heterocycles. The van der Waals surface area contributed by atoms with Crippen LogP contribution < -0.4 is 5.73 Å². The Labute approximate surface area is 123 Å². The molecule has 0 spiro atoms. The van der Waals surface area contributed by atoms with Crippen LogP contribution >= 0.6 is 0 Å². The Balaban J connectivity index is 2.07. The van der Waals surface area contributed by atoms with E-state index in [9.17, 15) is 4.39 Å². The van der Waals surface area contributed by atoms with Gasteiger partial charge in [-0.1, -0.05) is 31.2 Å². The predicted molar refractivity (Wildman–Crippen MR) is 83.6 cm³/mol. The zero-order chi connectivity index (χ0) is 14.8. The van der Waals surface area contributed by atoms with Crippen LogP contribution in [0.25, 0.3) is 11.0 Å². The molecule has 2 N–H and O–H groups in total. The topological polar surface area (TPSA) is 43.8 Å². The summed E-state index contributed by atoms with van der Waals surface area (Å²) in [5.41, 5.74) is 8.92. The number of imidazole rings is 1. The Bertz CT molecular complexity index is 777. The summed E-state index contributed by atoms with van der Waals surface area (Å²) in [7, 11) is 0. The number of aromatic nitrogens is 2. The van der Waals surface area contributed by atoms with Crippen molar-refractivity contribution >= 4 is 16.7 Å². The highest BCUT2D eigenvalue weighted by Crippen LogP contribution is 2.22. The molecule has 1 aromatic heterocycles. The fourth-order valence-corrected chi connectivity index (χ4v) is 2.64. The Hall–Kier alpha value is -2.36. The monoisotopic (exact) mass is 283 g/mol. The quantitative estimate of drug-likeness (QED) is 0.741. The van der Waals surface area contributed by atoms with Crippen LogP contribution in [0.3, 0.4) is 0 Å². The number of nitrogens with zero attached hydrogens (tertiary/aromatic N) is 2. The van der Waals surface area contributed by atoms with E-state index in [1.807, 2.05) is 24.3 Å². The Morgan fingerprint density at radius 2 is 1.95 bits per heavy atom. The van der Waals surface area contributed by atoms with E-state index >= 15 is 0 Å². The van der Waals surface area contributed by atoms with Gasteiger partial charge in [0.25, 0.3) is 0 Å². The summed E-state index contributed by atoms with van der Waals surface area (Å²) >= 11 is 0. The van der Waals surface area contributed by atoms with Gasteiger partial charge in [-0.25, -0.2) is 9.37 Å².